The van der Waals surface area contributed by atoms with Crippen molar-refractivity contribution in [2.75, 3.05) is 0 Å². The SMILES string of the molecule is O=C(O)c1cc(I)ccc1[O-].O=C(O)c1cc(I)ccc1[O-].[Zn+2]. The van der Waals surface area contributed by atoms with Crippen LogP contribution in [0, 0.1) is 7.14 Å². The predicted molar refractivity (Wildman–Crippen MR) is 91.1 cm³/mol. The van der Waals surface area contributed by atoms with Gasteiger partial charge >= 0.3 is 31.4 Å². The predicted octanol–water partition coefficient (Wildman–Crippen LogP) is 2.12. The molecule has 0 spiro atoms. The molecule has 0 saturated carbocycles. The molecule has 2 aromatic carbocycles. The van der Waals surface area contributed by atoms with Gasteiger partial charge in [0.15, 0.2) is 0 Å². The van der Waals surface area contributed by atoms with E-state index in [2.05, 4.69) is 0 Å². The van der Waals surface area contributed by atoms with Crippen molar-refractivity contribution < 1.29 is 49.5 Å². The van der Waals surface area contributed by atoms with Gasteiger partial charge in [-0.25, -0.2) is 9.59 Å². The number of carbonyl (C=O) groups is 2. The van der Waals surface area contributed by atoms with Gasteiger partial charge in [0, 0.05) is 7.14 Å². The van der Waals surface area contributed by atoms with Crippen LogP contribution in [-0.2, 0) is 19.5 Å². The van der Waals surface area contributed by atoms with Gasteiger partial charge in [-0.15, -0.1) is 0 Å². The van der Waals surface area contributed by atoms with Crippen LogP contribution in [0.4, 0.5) is 0 Å². The molecule has 0 aliphatic carbocycles. The molecule has 0 atom stereocenters. The molecule has 9 heteroatoms. The first kappa shape index (κ1) is 22.1. The maximum Gasteiger partial charge on any atom is 2.00 e. The third-order valence-electron chi connectivity index (χ3n) is 2.34. The van der Waals surface area contributed by atoms with Gasteiger partial charge in [0.25, 0.3) is 0 Å². The standard InChI is InChI=1S/2C7H5IO3.Zn/c2*8-4-1-2-6(9)5(3-4)7(10)11;/h2*1-3,9H,(H,10,11);/q;;+2/p-2. The van der Waals surface area contributed by atoms with E-state index >= 15 is 0 Å². The molecule has 0 aliphatic heterocycles. The van der Waals surface area contributed by atoms with E-state index in [1.54, 1.807) is 12.1 Å². The largest absolute Gasteiger partial charge is 2.00 e. The molecule has 0 saturated heterocycles. The molecule has 0 fully saturated rings. The second-order valence-electron chi connectivity index (χ2n) is 3.89. The number of carboxylic acid groups (broad SMARTS) is 2. The molecular weight excluding hydrogens is 583 g/mol. The summed E-state index contributed by atoms with van der Waals surface area (Å²) in [5.41, 5.74) is -0.339. The van der Waals surface area contributed by atoms with Crippen molar-refractivity contribution in [2.24, 2.45) is 0 Å². The Balaban J connectivity index is 0.000000403. The van der Waals surface area contributed by atoms with Crippen molar-refractivity contribution in [2.45, 2.75) is 0 Å². The Morgan fingerprint density at radius 3 is 1.30 bits per heavy atom. The Hall–Kier alpha value is -0.937. The molecule has 6 nitrogen and oxygen atoms in total. The van der Waals surface area contributed by atoms with E-state index in [9.17, 15) is 19.8 Å². The maximum absolute atomic E-state index is 10.8. The van der Waals surface area contributed by atoms with Gasteiger partial charge in [-0.1, -0.05) is 23.6 Å². The summed E-state index contributed by atoms with van der Waals surface area (Å²) in [4.78, 5) is 20.7. The van der Waals surface area contributed by atoms with Gasteiger partial charge in [0.05, 0.1) is 11.1 Å². The Kier molecular flexibility index (Phi) is 9.63. The van der Waals surface area contributed by atoms with Crippen molar-refractivity contribution in [3.05, 3.63) is 54.7 Å². The molecule has 0 heterocycles. The Morgan fingerprint density at radius 1 is 0.783 bits per heavy atom. The zero-order valence-electron chi connectivity index (χ0n) is 11.5. The fourth-order valence-corrected chi connectivity index (χ4v) is 2.32. The zero-order valence-corrected chi connectivity index (χ0v) is 18.7. The van der Waals surface area contributed by atoms with Gasteiger partial charge < -0.3 is 20.4 Å². The summed E-state index contributed by atoms with van der Waals surface area (Å²) in [5.74, 6) is -3.24. The van der Waals surface area contributed by atoms with E-state index in [-0.39, 0.29) is 30.6 Å². The quantitative estimate of drug-likeness (QED) is 0.408. The van der Waals surface area contributed by atoms with Gasteiger partial charge in [0.1, 0.15) is 0 Å². The van der Waals surface area contributed by atoms with Crippen molar-refractivity contribution in [3.63, 3.8) is 0 Å². The fourth-order valence-electron chi connectivity index (χ4n) is 1.34. The summed E-state index contributed by atoms with van der Waals surface area (Å²) in [6, 6.07) is 8.37. The summed E-state index contributed by atoms with van der Waals surface area (Å²) >= 11 is 3.91. The monoisotopic (exact) mass is 590 g/mol. The number of benzene rings is 2. The molecule has 0 bridgehead atoms. The fraction of sp³-hybridized carbons (Fsp3) is 0. The van der Waals surface area contributed by atoms with Crippen molar-refractivity contribution >= 4 is 57.1 Å². The van der Waals surface area contributed by atoms with Crippen molar-refractivity contribution in [1.29, 1.82) is 0 Å². The van der Waals surface area contributed by atoms with Crippen LogP contribution < -0.4 is 10.2 Å². The third kappa shape index (κ3) is 7.00. The molecule has 23 heavy (non-hydrogen) atoms. The molecule has 116 valence electrons. The number of hydrogen-bond donors (Lipinski definition) is 2. The Bertz CT molecular complexity index is 659. The van der Waals surface area contributed by atoms with Gasteiger partial charge in [-0.05, 0) is 69.4 Å². The molecule has 2 aromatic rings. The minimum absolute atomic E-state index is 0. The minimum Gasteiger partial charge on any atom is -0.872 e. The average Bonchev–Trinajstić information content (AvgIpc) is 2.44. The molecular formula is C14H8I2O6Zn. The van der Waals surface area contributed by atoms with E-state index in [0.29, 0.717) is 0 Å². The molecule has 0 radical (unpaired) electrons. The van der Waals surface area contributed by atoms with E-state index in [0.717, 1.165) is 7.14 Å². The second-order valence-corrected chi connectivity index (χ2v) is 6.38. The molecule has 0 aliphatic rings. The van der Waals surface area contributed by atoms with Crippen LogP contribution in [-0.4, -0.2) is 22.2 Å². The van der Waals surface area contributed by atoms with Gasteiger partial charge in [-0.3, -0.25) is 0 Å². The van der Waals surface area contributed by atoms with Crippen LogP contribution in [0.1, 0.15) is 20.7 Å². The Morgan fingerprint density at radius 2 is 1.09 bits per heavy atom. The van der Waals surface area contributed by atoms with E-state index < -0.39 is 23.4 Å². The molecule has 0 aromatic heterocycles. The first-order chi connectivity index (χ1) is 10.2. The first-order valence-electron chi connectivity index (χ1n) is 5.62. The number of halogens is 2. The average molecular weight is 591 g/mol. The Labute approximate surface area is 171 Å². The summed E-state index contributed by atoms with van der Waals surface area (Å²) < 4.78 is 1.50. The van der Waals surface area contributed by atoms with Crippen LogP contribution in [0.15, 0.2) is 36.4 Å². The third-order valence-corrected chi connectivity index (χ3v) is 3.69. The van der Waals surface area contributed by atoms with Crippen LogP contribution in [0.5, 0.6) is 11.5 Å². The van der Waals surface area contributed by atoms with Crippen LogP contribution in [0.2, 0.25) is 0 Å². The topological polar surface area (TPSA) is 121 Å². The second kappa shape index (κ2) is 10.0. The summed E-state index contributed by atoms with van der Waals surface area (Å²) in [6.45, 7) is 0. The molecule has 2 rings (SSSR count). The number of aromatic carboxylic acids is 2. The van der Waals surface area contributed by atoms with Crippen LogP contribution in [0.3, 0.4) is 0 Å². The molecule has 2 N–H and O–H groups in total. The summed E-state index contributed by atoms with van der Waals surface area (Å²) in [7, 11) is 0. The number of carboxylic acids is 2. The normalized spacial score (nSPS) is 9.13. The van der Waals surface area contributed by atoms with E-state index in [1.807, 2.05) is 45.2 Å². The van der Waals surface area contributed by atoms with Crippen LogP contribution in [0.25, 0.3) is 0 Å². The van der Waals surface area contributed by atoms with Crippen LogP contribution >= 0.6 is 45.2 Å². The summed E-state index contributed by atoms with van der Waals surface area (Å²) in [6.07, 6.45) is 0. The number of rotatable bonds is 2. The molecule has 0 unspecified atom stereocenters. The smallest absolute Gasteiger partial charge is 0.872 e. The first-order valence-corrected chi connectivity index (χ1v) is 7.78. The van der Waals surface area contributed by atoms with Gasteiger partial charge in [0.2, 0.25) is 0 Å². The van der Waals surface area contributed by atoms with Crippen molar-refractivity contribution in [1.82, 2.24) is 0 Å². The minimum atomic E-state index is -1.17. The van der Waals surface area contributed by atoms with Gasteiger partial charge in [-0.2, -0.15) is 0 Å². The van der Waals surface area contributed by atoms with E-state index in [1.165, 1.54) is 24.3 Å². The number of hydrogen-bond acceptors (Lipinski definition) is 4. The van der Waals surface area contributed by atoms with Crippen molar-refractivity contribution in [3.8, 4) is 11.5 Å². The maximum atomic E-state index is 10.8. The molecule has 0 amide bonds. The summed E-state index contributed by atoms with van der Waals surface area (Å²) in [5, 5.41) is 38.6. The zero-order chi connectivity index (χ0) is 16.9. The van der Waals surface area contributed by atoms with E-state index in [4.69, 9.17) is 10.2 Å².